The van der Waals surface area contributed by atoms with Gasteiger partial charge in [-0.05, 0) is 68.0 Å². The second kappa shape index (κ2) is 8.10. The van der Waals surface area contributed by atoms with E-state index in [1.807, 2.05) is 42.7 Å². The molecular formula is C22H26N4O2. The minimum atomic E-state index is -0.796. The smallest absolute Gasteiger partial charge is 0.322 e. The standard InChI is InChI=1S/C22H26N4O2/c27-20-22(25-21(28)24-20,11-6-17-4-2-1-3-5-17)19-9-14-26(15-10-19)16-18-7-12-23-13-8-18/h1-5,7-8,12-13,19H,6,9-11,14-16H2,(H2,24,25,27,28)/t22-/m1/s1. The van der Waals surface area contributed by atoms with Crippen LogP contribution < -0.4 is 10.6 Å². The molecule has 3 heterocycles. The van der Waals surface area contributed by atoms with E-state index >= 15 is 0 Å². The van der Waals surface area contributed by atoms with E-state index < -0.39 is 5.54 Å². The van der Waals surface area contributed by atoms with E-state index in [1.165, 1.54) is 11.1 Å². The van der Waals surface area contributed by atoms with E-state index in [1.54, 1.807) is 0 Å². The van der Waals surface area contributed by atoms with E-state index in [0.717, 1.165) is 38.9 Å². The number of carbonyl (C=O) groups excluding carboxylic acids is 2. The summed E-state index contributed by atoms with van der Waals surface area (Å²) in [6, 6.07) is 13.9. The first-order valence-electron chi connectivity index (χ1n) is 9.94. The molecule has 6 heteroatoms. The highest BCUT2D eigenvalue weighted by atomic mass is 16.2. The first kappa shape index (κ1) is 18.6. The molecule has 6 nitrogen and oxygen atoms in total. The van der Waals surface area contributed by atoms with Crippen LogP contribution in [0.5, 0.6) is 0 Å². The first-order valence-corrected chi connectivity index (χ1v) is 9.94. The number of aryl methyl sites for hydroxylation is 1. The number of nitrogens with zero attached hydrogens (tertiary/aromatic N) is 2. The molecule has 2 saturated heterocycles. The molecule has 1 aromatic carbocycles. The predicted octanol–water partition coefficient (Wildman–Crippen LogP) is 2.50. The van der Waals surface area contributed by atoms with Crippen molar-refractivity contribution in [3.05, 3.63) is 66.0 Å². The molecule has 0 bridgehead atoms. The SMILES string of the molecule is O=C1NC(=O)[C@@](CCc2ccccc2)(C2CCN(Cc3ccncc3)CC2)N1. The van der Waals surface area contributed by atoms with Gasteiger partial charge in [0.1, 0.15) is 5.54 Å². The van der Waals surface area contributed by atoms with Gasteiger partial charge in [-0.3, -0.25) is 20.0 Å². The number of pyridine rings is 1. The predicted molar refractivity (Wildman–Crippen MR) is 106 cm³/mol. The first-order chi connectivity index (χ1) is 13.7. The van der Waals surface area contributed by atoms with Crippen LogP contribution in [0.3, 0.4) is 0 Å². The van der Waals surface area contributed by atoms with Gasteiger partial charge in [-0.15, -0.1) is 0 Å². The Kier molecular flexibility index (Phi) is 5.39. The zero-order valence-corrected chi connectivity index (χ0v) is 15.9. The lowest BCUT2D eigenvalue weighted by molar-refractivity contribution is -0.127. The molecule has 146 valence electrons. The van der Waals surface area contributed by atoms with Crippen LogP contribution in [0.1, 0.15) is 30.4 Å². The van der Waals surface area contributed by atoms with Crippen LogP contribution in [0.2, 0.25) is 0 Å². The third kappa shape index (κ3) is 3.92. The lowest BCUT2D eigenvalue weighted by Gasteiger charge is -2.40. The minimum absolute atomic E-state index is 0.149. The molecular weight excluding hydrogens is 352 g/mol. The Hall–Kier alpha value is -2.73. The zero-order valence-electron chi connectivity index (χ0n) is 15.9. The number of nitrogens with one attached hydrogen (secondary N) is 2. The molecule has 0 unspecified atom stereocenters. The summed E-state index contributed by atoms with van der Waals surface area (Å²) in [7, 11) is 0. The van der Waals surface area contributed by atoms with Crippen LogP contribution in [0.4, 0.5) is 4.79 Å². The number of rotatable bonds is 6. The van der Waals surface area contributed by atoms with Gasteiger partial charge in [0.2, 0.25) is 0 Å². The topological polar surface area (TPSA) is 74.3 Å². The number of likely N-dealkylation sites (tertiary alicyclic amines) is 1. The highest BCUT2D eigenvalue weighted by molar-refractivity contribution is 6.07. The van der Waals surface area contributed by atoms with Crippen LogP contribution in [0.15, 0.2) is 54.9 Å². The molecule has 1 atom stereocenters. The van der Waals surface area contributed by atoms with Gasteiger partial charge in [0.25, 0.3) is 5.91 Å². The van der Waals surface area contributed by atoms with Gasteiger partial charge >= 0.3 is 6.03 Å². The second-order valence-electron chi connectivity index (χ2n) is 7.77. The fraction of sp³-hybridized carbons (Fsp3) is 0.409. The summed E-state index contributed by atoms with van der Waals surface area (Å²) in [6.07, 6.45) is 6.83. The molecule has 3 amide bonds. The Morgan fingerprint density at radius 2 is 1.71 bits per heavy atom. The highest BCUT2D eigenvalue weighted by Crippen LogP contribution is 2.35. The molecule has 2 N–H and O–H groups in total. The van der Waals surface area contributed by atoms with Crippen molar-refractivity contribution >= 4 is 11.9 Å². The maximum atomic E-state index is 12.8. The van der Waals surface area contributed by atoms with Crippen LogP contribution in [0, 0.1) is 5.92 Å². The number of hydrogen-bond acceptors (Lipinski definition) is 4. The summed E-state index contributed by atoms with van der Waals surface area (Å²) in [5, 5.41) is 5.48. The van der Waals surface area contributed by atoms with Crippen LogP contribution in [0.25, 0.3) is 0 Å². The average Bonchev–Trinajstić information content (AvgIpc) is 3.02. The summed E-state index contributed by atoms with van der Waals surface area (Å²) in [5.41, 5.74) is 1.64. The van der Waals surface area contributed by atoms with Gasteiger partial charge in [-0.1, -0.05) is 30.3 Å². The third-order valence-electron chi connectivity index (χ3n) is 6.06. The number of hydrogen-bond donors (Lipinski definition) is 2. The molecule has 1 aromatic heterocycles. The van der Waals surface area contributed by atoms with Crippen LogP contribution >= 0.6 is 0 Å². The van der Waals surface area contributed by atoms with Gasteiger partial charge < -0.3 is 5.32 Å². The number of carbonyl (C=O) groups is 2. The molecule has 2 aliphatic rings. The number of imide groups is 1. The lowest BCUT2D eigenvalue weighted by Crippen LogP contribution is -2.56. The largest absolute Gasteiger partial charge is 0.323 e. The Bertz CT molecular complexity index is 819. The van der Waals surface area contributed by atoms with Crippen LogP contribution in [-0.2, 0) is 17.8 Å². The molecule has 28 heavy (non-hydrogen) atoms. The van der Waals surface area contributed by atoms with Gasteiger partial charge in [0.15, 0.2) is 0 Å². The van der Waals surface area contributed by atoms with Gasteiger partial charge in [-0.2, -0.15) is 0 Å². The fourth-order valence-electron chi connectivity index (χ4n) is 4.49. The van der Waals surface area contributed by atoms with E-state index in [9.17, 15) is 9.59 Å². The monoisotopic (exact) mass is 378 g/mol. The lowest BCUT2D eigenvalue weighted by atomic mass is 9.74. The molecule has 2 aromatic rings. The van der Waals surface area contributed by atoms with Crippen LogP contribution in [-0.4, -0.2) is 40.5 Å². The van der Waals surface area contributed by atoms with Gasteiger partial charge in [0.05, 0.1) is 0 Å². The molecule has 4 rings (SSSR count). The second-order valence-corrected chi connectivity index (χ2v) is 7.77. The van der Waals surface area contributed by atoms with E-state index in [-0.39, 0.29) is 17.9 Å². The van der Waals surface area contributed by atoms with Crippen molar-refractivity contribution in [2.45, 2.75) is 37.8 Å². The Morgan fingerprint density at radius 1 is 1.00 bits per heavy atom. The van der Waals surface area contributed by atoms with E-state index in [2.05, 4.69) is 32.7 Å². The van der Waals surface area contributed by atoms with Gasteiger partial charge in [0, 0.05) is 18.9 Å². The molecule has 0 aliphatic carbocycles. The number of amides is 3. The maximum absolute atomic E-state index is 12.8. The summed E-state index contributed by atoms with van der Waals surface area (Å²) >= 11 is 0. The molecule has 0 radical (unpaired) electrons. The number of benzene rings is 1. The highest BCUT2D eigenvalue weighted by Gasteiger charge is 2.51. The Labute approximate surface area is 165 Å². The zero-order chi connectivity index (χ0) is 19.4. The van der Waals surface area contributed by atoms with E-state index in [4.69, 9.17) is 0 Å². The van der Waals surface area contributed by atoms with Crippen molar-refractivity contribution in [3.8, 4) is 0 Å². The molecule has 2 aliphatic heterocycles. The Morgan fingerprint density at radius 3 is 2.36 bits per heavy atom. The maximum Gasteiger partial charge on any atom is 0.322 e. The normalized spacial score (nSPS) is 23.4. The summed E-state index contributed by atoms with van der Waals surface area (Å²) in [5.74, 6) is -0.0163. The summed E-state index contributed by atoms with van der Waals surface area (Å²) < 4.78 is 0. The fourth-order valence-corrected chi connectivity index (χ4v) is 4.49. The van der Waals surface area contributed by atoms with Gasteiger partial charge in [-0.25, -0.2) is 4.79 Å². The molecule has 2 fully saturated rings. The third-order valence-corrected chi connectivity index (χ3v) is 6.06. The number of piperidine rings is 1. The van der Waals surface area contributed by atoms with Crippen molar-refractivity contribution in [1.29, 1.82) is 0 Å². The van der Waals surface area contributed by atoms with Crippen molar-refractivity contribution in [1.82, 2.24) is 20.5 Å². The van der Waals surface area contributed by atoms with Crippen molar-refractivity contribution in [3.63, 3.8) is 0 Å². The molecule has 0 spiro atoms. The van der Waals surface area contributed by atoms with E-state index in [0.29, 0.717) is 6.42 Å². The minimum Gasteiger partial charge on any atom is -0.323 e. The Balaban J connectivity index is 1.43. The summed E-state index contributed by atoms with van der Waals surface area (Å²) in [4.78, 5) is 31.2. The number of urea groups is 1. The van der Waals surface area contributed by atoms with Crippen molar-refractivity contribution in [2.24, 2.45) is 5.92 Å². The average molecular weight is 378 g/mol. The quantitative estimate of drug-likeness (QED) is 0.758. The number of aromatic nitrogens is 1. The van der Waals surface area contributed by atoms with Crippen molar-refractivity contribution < 1.29 is 9.59 Å². The summed E-state index contributed by atoms with van der Waals surface area (Å²) in [6.45, 7) is 2.73. The van der Waals surface area contributed by atoms with Crippen molar-refractivity contribution in [2.75, 3.05) is 13.1 Å². The molecule has 0 saturated carbocycles.